The van der Waals surface area contributed by atoms with Crippen LogP contribution in [0.5, 0.6) is 0 Å². The molecular weight excluding hydrogens is 434 g/mol. The number of fused-ring (bicyclic) bond motifs is 1. The van der Waals surface area contributed by atoms with Gasteiger partial charge in [-0.2, -0.15) is 5.26 Å². The van der Waals surface area contributed by atoms with Crippen LogP contribution in [-0.2, 0) is 9.59 Å². The molecule has 0 saturated heterocycles. The van der Waals surface area contributed by atoms with Gasteiger partial charge in [0, 0.05) is 26.9 Å². The molecule has 0 spiro atoms. The fraction of sp³-hybridized carbons (Fsp3) is 0.200. The molecule has 2 heterocycles. The van der Waals surface area contributed by atoms with Gasteiger partial charge in [0.1, 0.15) is 17.5 Å². The zero-order chi connectivity index (χ0) is 23.5. The lowest BCUT2D eigenvalue weighted by molar-refractivity contribution is -0.120. The molecule has 0 fully saturated rings. The highest BCUT2D eigenvalue weighted by Gasteiger charge is 2.31. The van der Waals surface area contributed by atoms with Gasteiger partial charge < -0.3 is 15.1 Å². The number of hydrogen-bond donors (Lipinski definition) is 1. The number of nitrogens with one attached hydrogen (secondary N) is 1. The summed E-state index contributed by atoms with van der Waals surface area (Å²) in [5.74, 6) is -0.156. The van der Waals surface area contributed by atoms with Crippen LogP contribution in [0.2, 0.25) is 0 Å². The van der Waals surface area contributed by atoms with Crippen LogP contribution in [0.25, 0.3) is 10.4 Å². The molecule has 4 rings (SSSR count). The van der Waals surface area contributed by atoms with Gasteiger partial charge in [-0.15, -0.1) is 0 Å². The number of ketones is 1. The third-order valence-corrected chi connectivity index (χ3v) is 6.63. The number of carbonyl (C=O) groups excluding carboxylic acids is 2. The highest BCUT2D eigenvalue weighted by molar-refractivity contribution is 7.19. The Kier molecular flexibility index (Phi) is 6.24. The van der Waals surface area contributed by atoms with E-state index in [0.717, 1.165) is 27.5 Å². The molecular formula is C25H23N5O2S. The molecule has 1 aliphatic rings. The third-order valence-electron chi connectivity index (χ3n) is 5.51. The summed E-state index contributed by atoms with van der Waals surface area (Å²) in [5, 5.41) is 13.0. The number of Topliss-reactive ketones (excluding diaryl/α,β-unsaturated/α-hetero) is 1. The van der Waals surface area contributed by atoms with E-state index in [9.17, 15) is 14.9 Å². The predicted octanol–water partition coefficient (Wildman–Crippen LogP) is 4.73. The standard InChI is InChI=1S/C25H23N5O2S/c1-16-23(17-9-5-4-6-10-17)33-25(27-16)28-22(32)14-13-21(31)18(15-26)24-29(2)19-11-7-8-12-20(19)30(24)3/h4-12H,13-14H2,1-3H3,(H,27,28,32). The van der Waals surface area contributed by atoms with Gasteiger partial charge in [-0.3, -0.25) is 9.59 Å². The molecule has 0 saturated carbocycles. The van der Waals surface area contributed by atoms with Crippen molar-refractivity contribution in [1.29, 1.82) is 5.26 Å². The Hall–Kier alpha value is -3.96. The second-order valence-corrected chi connectivity index (χ2v) is 8.69. The summed E-state index contributed by atoms with van der Waals surface area (Å²) in [4.78, 5) is 34.5. The molecule has 0 radical (unpaired) electrons. The van der Waals surface area contributed by atoms with Gasteiger partial charge in [0.15, 0.2) is 10.9 Å². The molecule has 1 N–H and O–H groups in total. The fourth-order valence-corrected chi connectivity index (χ4v) is 4.89. The number of nitrogens with zero attached hydrogens (tertiary/aromatic N) is 4. The van der Waals surface area contributed by atoms with Gasteiger partial charge >= 0.3 is 0 Å². The van der Waals surface area contributed by atoms with Crippen molar-refractivity contribution >= 4 is 39.5 Å². The van der Waals surface area contributed by atoms with Gasteiger partial charge in [0.25, 0.3) is 0 Å². The summed E-state index contributed by atoms with van der Waals surface area (Å²) in [6.45, 7) is 1.90. The van der Waals surface area contributed by atoms with Crippen LogP contribution < -0.4 is 15.1 Å². The molecule has 1 amide bonds. The number of nitriles is 1. The molecule has 0 aliphatic carbocycles. The second-order valence-electron chi connectivity index (χ2n) is 7.69. The van der Waals surface area contributed by atoms with E-state index in [1.807, 2.05) is 91.5 Å². The van der Waals surface area contributed by atoms with Gasteiger partial charge in [0.2, 0.25) is 5.91 Å². The van der Waals surface area contributed by atoms with E-state index in [-0.39, 0.29) is 30.1 Å². The number of hydrogen-bond acceptors (Lipinski definition) is 7. The third kappa shape index (κ3) is 4.36. The van der Waals surface area contributed by atoms with Crippen molar-refractivity contribution in [3.05, 3.63) is 71.7 Å². The number of para-hydroxylation sites is 2. The maximum Gasteiger partial charge on any atom is 0.226 e. The SMILES string of the molecule is Cc1nc(NC(=O)CCC(=O)C(C#N)=C2N(C)c3ccccc3N2C)sc1-c1ccccc1. The summed E-state index contributed by atoms with van der Waals surface area (Å²) in [7, 11) is 3.65. The highest BCUT2D eigenvalue weighted by Crippen LogP contribution is 2.40. The summed E-state index contributed by atoms with van der Waals surface area (Å²) in [6.07, 6.45) is -0.0941. The molecule has 0 bridgehead atoms. The smallest absolute Gasteiger partial charge is 0.226 e. The zero-order valence-electron chi connectivity index (χ0n) is 18.6. The van der Waals surface area contributed by atoms with E-state index < -0.39 is 0 Å². The molecule has 33 heavy (non-hydrogen) atoms. The molecule has 1 aromatic heterocycles. The fourth-order valence-electron chi connectivity index (χ4n) is 3.90. The Morgan fingerprint density at radius 3 is 2.21 bits per heavy atom. The Balaban J connectivity index is 1.43. The zero-order valence-corrected chi connectivity index (χ0v) is 19.4. The van der Waals surface area contributed by atoms with Crippen LogP contribution in [0.3, 0.4) is 0 Å². The second kappa shape index (κ2) is 9.27. The molecule has 8 heteroatoms. The highest BCUT2D eigenvalue weighted by atomic mass is 32.1. The van der Waals surface area contributed by atoms with Crippen LogP contribution in [0, 0.1) is 18.3 Å². The maximum atomic E-state index is 12.9. The van der Waals surface area contributed by atoms with Crippen LogP contribution >= 0.6 is 11.3 Å². The summed E-state index contributed by atoms with van der Waals surface area (Å²) in [5.41, 5.74) is 3.75. The first kappa shape index (κ1) is 22.2. The van der Waals surface area contributed by atoms with E-state index in [4.69, 9.17) is 0 Å². The number of rotatable bonds is 6. The lowest BCUT2D eigenvalue weighted by Gasteiger charge is -2.19. The number of benzene rings is 2. The minimum absolute atomic E-state index is 0.0308. The van der Waals surface area contributed by atoms with E-state index >= 15 is 0 Å². The molecule has 3 aromatic rings. The van der Waals surface area contributed by atoms with Crippen molar-refractivity contribution in [2.45, 2.75) is 19.8 Å². The molecule has 166 valence electrons. The van der Waals surface area contributed by atoms with Crippen molar-refractivity contribution in [2.75, 3.05) is 29.2 Å². The topological polar surface area (TPSA) is 89.3 Å². The molecule has 1 aliphatic heterocycles. The van der Waals surface area contributed by atoms with E-state index in [1.54, 1.807) is 0 Å². The largest absolute Gasteiger partial charge is 0.328 e. The van der Waals surface area contributed by atoms with E-state index in [2.05, 4.69) is 10.3 Å². The molecule has 0 unspecified atom stereocenters. The maximum absolute atomic E-state index is 12.9. The lowest BCUT2D eigenvalue weighted by Crippen LogP contribution is -2.26. The number of aryl methyl sites for hydroxylation is 1. The van der Waals surface area contributed by atoms with Crippen LogP contribution in [0.4, 0.5) is 16.5 Å². The van der Waals surface area contributed by atoms with Crippen molar-refractivity contribution in [2.24, 2.45) is 0 Å². The van der Waals surface area contributed by atoms with Gasteiger partial charge in [-0.1, -0.05) is 53.8 Å². The summed E-state index contributed by atoms with van der Waals surface area (Å²) < 4.78 is 0. The van der Waals surface area contributed by atoms with Crippen LogP contribution in [0.1, 0.15) is 18.5 Å². The van der Waals surface area contributed by atoms with E-state index in [1.165, 1.54) is 11.3 Å². The summed E-state index contributed by atoms with van der Waals surface area (Å²) >= 11 is 1.40. The minimum atomic E-state index is -0.366. The normalized spacial score (nSPS) is 12.4. The average Bonchev–Trinajstić information content (AvgIpc) is 3.31. The van der Waals surface area contributed by atoms with Crippen molar-refractivity contribution in [3.63, 3.8) is 0 Å². The van der Waals surface area contributed by atoms with Crippen molar-refractivity contribution in [1.82, 2.24) is 4.98 Å². The first-order chi connectivity index (χ1) is 15.9. The number of thiazole rings is 1. The van der Waals surface area contributed by atoms with Gasteiger partial charge in [0.05, 0.1) is 21.9 Å². The molecule has 7 nitrogen and oxygen atoms in total. The minimum Gasteiger partial charge on any atom is -0.328 e. The number of anilines is 3. The van der Waals surface area contributed by atoms with Gasteiger partial charge in [-0.25, -0.2) is 4.98 Å². The van der Waals surface area contributed by atoms with Crippen LogP contribution in [0.15, 0.2) is 66.0 Å². The first-order valence-corrected chi connectivity index (χ1v) is 11.3. The van der Waals surface area contributed by atoms with E-state index in [0.29, 0.717) is 11.0 Å². The van der Waals surface area contributed by atoms with Crippen LogP contribution in [-0.4, -0.2) is 30.8 Å². The Bertz CT molecular complexity index is 1260. The first-order valence-electron chi connectivity index (χ1n) is 10.5. The number of allylic oxidation sites excluding steroid dienone is 1. The monoisotopic (exact) mass is 457 g/mol. The summed E-state index contributed by atoms with van der Waals surface area (Å²) in [6, 6.07) is 19.6. The quantitative estimate of drug-likeness (QED) is 0.425. The molecule has 2 aromatic carbocycles. The lowest BCUT2D eigenvalue weighted by atomic mass is 10.1. The molecule has 0 atom stereocenters. The number of carbonyl (C=O) groups is 2. The predicted molar refractivity (Wildman–Crippen MR) is 131 cm³/mol. The van der Waals surface area contributed by atoms with Gasteiger partial charge in [-0.05, 0) is 24.6 Å². The van der Waals surface area contributed by atoms with Crippen molar-refractivity contribution in [3.8, 4) is 16.5 Å². The Morgan fingerprint density at radius 1 is 1.00 bits per heavy atom. The Labute approximate surface area is 196 Å². The average molecular weight is 458 g/mol. The van der Waals surface area contributed by atoms with Crippen molar-refractivity contribution < 1.29 is 9.59 Å². The Morgan fingerprint density at radius 2 is 1.61 bits per heavy atom. The number of aromatic nitrogens is 1. The number of amides is 1.